The first-order valence-corrected chi connectivity index (χ1v) is 7.35. The molecule has 0 unspecified atom stereocenters. The van der Waals surface area contributed by atoms with E-state index in [1.54, 1.807) is 12.1 Å². The topological polar surface area (TPSA) is 80.5 Å². The van der Waals surface area contributed by atoms with Crippen molar-refractivity contribution in [1.29, 1.82) is 0 Å². The molecule has 0 saturated heterocycles. The van der Waals surface area contributed by atoms with Crippen LogP contribution in [0.4, 0.5) is 4.39 Å². The average molecular weight is 305 g/mol. The second-order valence-corrected chi connectivity index (χ2v) is 5.17. The molecule has 21 heavy (non-hydrogen) atoms. The van der Waals surface area contributed by atoms with E-state index in [1.807, 2.05) is 6.92 Å². The van der Waals surface area contributed by atoms with Crippen LogP contribution in [0.25, 0.3) is 11.5 Å². The van der Waals surface area contributed by atoms with Crippen LogP contribution in [0.1, 0.15) is 18.6 Å². The Hall–Kier alpha value is -2.22. The quantitative estimate of drug-likeness (QED) is 0.730. The lowest BCUT2D eigenvalue weighted by atomic mass is 10.2. The number of rotatable bonds is 5. The second-order valence-electron chi connectivity index (χ2n) is 4.23. The molecule has 108 valence electrons. The Kier molecular flexibility index (Phi) is 3.96. The molecular formula is C13H12FN5OS. The molecule has 0 bridgehead atoms. The van der Waals surface area contributed by atoms with Crippen molar-refractivity contribution in [3.63, 3.8) is 0 Å². The standard InChI is InChI=1S/C13H12FN5OS/c1-2-10-16-13(18-17-10)21-7-11-15-12(20-19-11)8-3-5-9(14)6-4-8/h3-6H,2,7H2,1H3,(H,16,17,18). The molecule has 8 heteroatoms. The van der Waals surface area contributed by atoms with E-state index in [1.165, 1.54) is 23.9 Å². The maximum atomic E-state index is 12.9. The first-order valence-electron chi connectivity index (χ1n) is 6.37. The van der Waals surface area contributed by atoms with Crippen LogP contribution >= 0.6 is 11.8 Å². The van der Waals surface area contributed by atoms with Gasteiger partial charge >= 0.3 is 0 Å². The van der Waals surface area contributed by atoms with Gasteiger partial charge in [-0.15, -0.1) is 5.10 Å². The largest absolute Gasteiger partial charge is 0.334 e. The number of aromatic nitrogens is 5. The summed E-state index contributed by atoms with van der Waals surface area (Å²) in [5, 5.41) is 11.5. The number of hydrogen-bond acceptors (Lipinski definition) is 6. The summed E-state index contributed by atoms with van der Waals surface area (Å²) in [6.45, 7) is 2.00. The zero-order valence-electron chi connectivity index (χ0n) is 11.2. The highest BCUT2D eigenvalue weighted by molar-refractivity contribution is 7.98. The number of aryl methyl sites for hydroxylation is 1. The predicted molar refractivity (Wildman–Crippen MR) is 75.0 cm³/mol. The SMILES string of the molecule is CCc1nc(SCc2noc(-c3ccc(F)cc3)n2)n[nH]1. The monoisotopic (exact) mass is 305 g/mol. The zero-order chi connectivity index (χ0) is 14.7. The van der Waals surface area contributed by atoms with Gasteiger partial charge in [0.2, 0.25) is 5.16 Å². The first-order chi connectivity index (χ1) is 10.2. The van der Waals surface area contributed by atoms with Crippen LogP contribution in [0.5, 0.6) is 0 Å². The number of thioether (sulfide) groups is 1. The molecule has 0 atom stereocenters. The molecule has 0 aliphatic carbocycles. The normalized spacial score (nSPS) is 11.0. The van der Waals surface area contributed by atoms with Crippen LogP contribution in [0.2, 0.25) is 0 Å². The lowest BCUT2D eigenvalue weighted by Crippen LogP contribution is -1.86. The number of halogens is 1. The molecule has 3 aromatic rings. The summed E-state index contributed by atoms with van der Waals surface area (Å²) in [6.07, 6.45) is 0.810. The summed E-state index contributed by atoms with van der Waals surface area (Å²) in [4.78, 5) is 8.55. The lowest BCUT2D eigenvalue weighted by Gasteiger charge is -1.92. The van der Waals surface area contributed by atoms with E-state index < -0.39 is 0 Å². The highest BCUT2D eigenvalue weighted by Crippen LogP contribution is 2.21. The van der Waals surface area contributed by atoms with E-state index in [0.29, 0.717) is 28.2 Å². The maximum absolute atomic E-state index is 12.9. The Morgan fingerprint density at radius 3 is 2.76 bits per heavy atom. The van der Waals surface area contributed by atoms with Crippen molar-refractivity contribution in [3.05, 3.63) is 41.7 Å². The summed E-state index contributed by atoms with van der Waals surface area (Å²) in [6, 6.07) is 5.91. The average Bonchev–Trinajstić information content (AvgIpc) is 3.15. The molecule has 0 spiro atoms. The fourth-order valence-electron chi connectivity index (χ4n) is 1.65. The van der Waals surface area contributed by atoms with Gasteiger partial charge in [-0.1, -0.05) is 23.8 Å². The first kappa shape index (κ1) is 13.7. The molecule has 0 aliphatic heterocycles. The molecule has 2 heterocycles. The fraction of sp³-hybridized carbons (Fsp3) is 0.231. The number of H-pyrrole nitrogens is 1. The van der Waals surface area contributed by atoms with Crippen LogP contribution in [0, 0.1) is 5.82 Å². The molecule has 0 saturated carbocycles. The molecule has 0 aliphatic rings. The van der Waals surface area contributed by atoms with E-state index in [9.17, 15) is 4.39 Å². The van der Waals surface area contributed by atoms with E-state index in [-0.39, 0.29) is 5.82 Å². The van der Waals surface area contributed by atoms with Crippen molar-refractivity contribution in [1.82, 2.24) is 25.3 Å². The van der Waals surface area contributed by atoms with Crippen molar-refractivity contribution >= 4 is 11.8 Å². The Balaban J connectivity index is 1.66. The maximum Gasteiger partial charge on any atom is 0.257 e. The minimum absolute atomic E-state index is 0.301. The summed E-state index contributed by atoms with van der Waals surface area (Å²) < 4.78 is 18.0. The van der Waals surface area contributed by atoms with Gasteiger partial charge in [-0.2, -0.15) is 4.98 Å². The molecule has 6 nitrogen and oxygen atoms in total. The summed E-state index contributed by atoms with van der Waals surface area (Å²) >= 11 is 1.42. The highest BCUT2D eigenvalue weighted by Gasteiger charge is 2.10. The Morgan fingerprint density at radius 2 is 2.05 bits per heavy atom. The third-order valence-corrected chi connectivity index (χ3v) is 3.58. The Labute approximate surface area is 124 Å². The zero-order valence-corrected chi connectivity index (χ0v) is 12.0. The van der Waals surface area contributed by atoms with Crippen LogP contribution < -0.4 is 0 Å². The van der Waals surface area contributed by atoms with Crippen molar-refractivity contribution in [3.8, 4) is 11.5 Å². The van der Waals surface area contributed by atoms with Gasteiger partial charge in [-0.3, -0.25) is 5.10 Å². The molecule has 1 aromatic carbocycles. The van der Waals surface area contributed by atoms with Crippen molar-refractivity contribution in [2.45, 2.75) is 24.3 Å². The van der Waals surface area contributed by atoms with Crippen LogP contribution in [0.3, 0.4) is 0 Å². The van der Waals surface area contributed by atoms with Gasteiger partial charge < -0.3 is 4.52 Å². The van der Waals surface area contributed by atoms with Crippen molar-refractivity contribution in [2.24, 2.45) is 0 Å². The smallest absolute Gasteiger partial charge is 0.257 e. The number of benzene rings is 1. The number of nitrogens with one attached hydrogen (secondary N) is 1. The van der Waals surface area contributed by atoms with Gasteiger partial charge in [0, 0.05) is 12.0 Å². The van der Waals surface area contributed by atoms with Gasteiger partial charge in [0.05, 0.1) is 5.75 Å². The molecular weight excluding hydrogens is 293 g/mol. The number of aromatic amines is 1. The van der Waals surface area contributed by atoms with Gasteiger partial charge in [-0.25, -0.2) is 9.37 Å². The van der Waals surface area contributed by atoms with Crippen LogP contribution in [0.15, 0.2) is 33.9 Å². The molecule has 0 amide bonds. The van der Waals surface area contributed by atoms with Gasteiger partial charge in [0.25, 0.3) is 5.89 Å². The minimum atomic E-state index is -0.301. The van der Waals surface area contributed by atoms with Crippen molar-refractivity contribution in [2.75, 3.05) is 0 Å². The molecule has 1 N–H and O–H groups in total. The van der Waals surface area contributed by atoms with Crippen LogP contribution in [-0.2, 0) is 12.2 Å². The van der Waals surface area contributed by atoms with Crippen molar-refractivity contribution < 1.29 is 8.91 Å². The summed E-state index contributed by atoms with van der Waals surface area (Å²) in [7, 11) is 0. The fourth-order valence-corrected chi connectivity index (χ4v) is 2.31. The lowest BCUT2D eigenvalue weighted by molar-refractivity contribution is 0.425. The Morgan fingerprint density at radius 1 is 1.24 bits per heavy atom. The second kappa shape index (κ2) is 6.04. The van der Waals surface area contributed by atoms with Crippen LogP contribution in [-0.4, -0.2) is 25.3 Å². The predicted octanol–water partition coefficient (Wildman–Crippen LogP) is 2.85. The van der Waals surface area contributed by atoms with Gasteiger partial charge in [-0.05, 0) is 24.3 Å². The molecule has 2 aromatic heterocycles. The third kappa shape index (κ3) is 3.27. The third-order valence-electron chi connectivity index (χ3n) is 2.74. The molecule has 0 radical (unpaired) electrons. The highest BCUT2D eigenvalue weighted by atomic mass is 32.2. The Bertz CT molecular complexity index is 724. The summed E-state index contributed by atoms with van der Waals surface area (Å²) in [5.41, 5.74) is 0.686. The van der Waals surface area contributed by atoms with Gasteiger partial charge in [0.1, 0.15) is 11.6 Å². The number of nitrogens with zero attached hydrogens (tertiary/aromatic N) is 4. The molecule has 0 fully saturated rings. The van der Waals surface area contributed by atoms with Gasteiger partial charge in [0.15, 0.2) is 5.82 Å². The van der Waals surface area contributed by atoms with E-state index in [2.05, 4.69) is 25.3 Å². The number of hydrogen-bond donors (Lipinski definition) is 1. The van der Waals surface area contributed by atoms with E-state index in [4.69, 9.17) is 4.52 Å². The van der Waals surface area contributed by atoms with E-state index in [0.717, 1.165) is 12.2 Å². The molecule has 3 rings (SSSR count). The minimum Gasteiger partial charge on any atom is -0.334 e. The van der Waals surface area contributed by atoms with E-state index >= 15 is 0 Å². The summed E-state index contributed by atoms with van der Waals surface area (Å²) in [5.74, 6) is 1.96.